The summed E-state index contributed by atoms with van der Waals surface area (Å²) < 4.78 is 8.06. The number of aromatic nitrogens is 3. The Hall–Kier alpha value is -2.27. The molecule has 0 N–H and O–H groups in total. The monoisotopic (exact) mass is 381 g/mol. The van der Waals surface area contributed by atoms with Crippen molar-refractivity contribution in [3.05, 3.63) is 71.0 Å². The van der Waals surface area contributed by atoms with E-state index < -0.39 is 0 Å². The van der Waals surface area contributed by atoms with Crippen molar-refractivity contribution in [3.63, 3.8) is 0 Å². The average Bonchev–Trinajstić information content (AvgIpc) is 3.07. The van der Waals surface area contributed by atoms with E-state index in [4.69, 9.17) is 4.74 Å². The number of aryl methyl sites for hydroxylation is 1. The predicted octanol–water partition coefficient (Wildman–Crippen LogP) is 5.60. The molecule has 0 atom stereocenters. The van der Waals surface area contributed by atoms with Crippen molar-refractivity contribution in [3.8, 4) is 5.75 Å². The van der Waals surface area contributed by atoms with Crippen LogP contribution in [0, 0.1) is 6.92 Å². The molecule has 0 bridgehead atoms. The van der Waals surface area contributed by atoms with Gasteiger partial charge in [-0.3, -0.25) is 0 Å². The first-order chi connectivity index (χ1) is 13.1. The molecule has 0 aliphatic rings. The first-order valence-corrected chi connectivity index (χ1v) is 10.4. The molecule has 0 amide bonds. The molecule has 0 unspecified atom stereocenters. The number of hydrogen-bond donors (Lipinski definition) is 0. The van der Waals surface area contributed by atoms with E-state index in [1.807, 2.05) is 12.1 Å². The molecule has 0 spiro atoms. The van der Waals surface area contributed by atoms with Gasteiger partial charge in [-0.2, -0.15) is 0 Å². The molecular formula is C22H27N3OS. The van der Waals surface area contributed by atoms with E-state index in [-0.39, 0.29) is 0 Å². The predicted molar refractivity (Wildman–Crippen MR) is 111 cm³/mol. The fourth-order valence-electron chi connectivity index (χ4n) is 2.90. The molecule has 3 rings (SSSR count). The number of thioether (sulfide) groups is 1. The summed E-state index contributed by atoms with van der Waals surface area (Å²) in [4.78, 5) is 0. The highest BCUT2D eigenvalue weighted by atomic mass is 32.2. The zero-order chi connectivity index (χ0) is 19.2. The summed E-state index contributed by atoms with van der Waals surface area (Å²) in [5.41, 5.74) is 3.89. The Morgan fingerprint density at radius 3 is 2.52 bits per heavy atom. The summed E-state index contributed by atoms with van der Waals surface area (Å²) in [5, 5.41) is 9.65. The van der Waals surface area contributed by atoms with Crippen LogP contribution in [0.4, 0.5) is 0 Å². The lowest BCUT2D eigenvalue weighted by Gasteiger charge is -2.10. The van der Waals surface area contributed by atoms with Crippen molar-refractivity contribution in [1.82, 2.24) is 14.8 Å². The maximum atomic E-state index is 5.93. The number of hydrogen-bond acceptors (Lipinski definition) is 4. The highest BCUT2D eigenvalue weighted by Crippen LogP contribution is 2.23. The van der Waals surface area contributed by atoms with Crippen LogP contribution in [-0.2, 0) is 18.9 Å². The van der Waals surface area contributed by atoms with E-state index in [1.54, 1.807) is 11.8 Å². The van der Waals surface area contributed by atoms with Gasteiger partial charge in [0.05, 0.1) is 0 Å². The average molecular weight is 382 g/mol. The van der Waals surface area contributed by atoms with Crippen LogP contribution in [0.25, 0.3) is 0 Å². The third kappa shape index (κ3) is 5.13. The maximum absolute atomic E-state index is 5.93. The van der Waals surface area contributed by atoms with E-state index in [1.165, 1.54) is 16.7 Å². The zero-order valence-corrected chi connectivity index (χ0v) is 17.3. The van der Waals surface area contributed by atoms with Crippen LogP contribution in [0.5, 0.6) is 5.75 Å². The number of ether oxygens (including phenoxy) is 1. The summed E-state index contributed by atoms with van der Waals surface area (Å²) in [6.45, 7) is 9.86. The minimum Gasteiger partial charge on any atom is -0.486 e. The molecule has 142 valence electrons. The molecule has 0 fully saturated rings. The largest absolute Gasteiger partial charge is 0.486 e. The van der Waals surface area contributed by atoms with E-state index in [0.29, 0.717) is 12.5 Å². The first kappa shape index (κ1) is 19.5. The highest BCUT2D eigenvalue weighted by molar-refractivity contribution is 7.98. The van der Waals surface area contributed by atoms with Gasteiger partial charge in [0.2, 0.25) is 0 Å². The second kappa shape index (κ2) is 9.09. The van der Waals surface area contributed by atoms with Crippen molar-refractivity contribution in [2.24, 2.45) is 0 Å². The van der Waals surface area contributed by atoms with E-state index in [0.717, 1.165) is 29.0 Å². The first-order valence-electron chi connectivity index (χ1n) is 9.40. The lowest BCUT2D eigenvalue weighted by molar-refractivity contribution is 0.288. The van der Waals surface area contributed by atoms with Crippen molar-refractivity contribution in [1.29, 1.82) is 0 Å². The van der Waals surface area contributed by atoms with Gasteiger partial charge in [-0.25, -0.2) is 0 Å². The Labute approximate surface area is 166 Å². The van der Waals surface area contributed by atoms with Crippen LogP contribution in [0.15, 0.2) is 53.7 Å². The minimum atomic E-state index is 0.423. The topological polar surface area (TPSA) is 39.9 Å². The Balaban J connectivity index is 1.63. The van der Waals surface area contributed by atoms with Gasteiger partial charge in [0.1, 0.15) is 12.4 Å². The molecule has 1 heterocycles. The van der Waals surface area contributed by atoms with Crippen LogP contribution in [0.3, 0.4) is 0 Å². The molecule has 3 aromatic rings. The second-order valence-electron chi connectivity index (χ2n) is 6.93. The van der Waals surface area contributed by atoms with Crippen LogP contribution in [0.2, 0.25) is 0 Å². The number of rotatable bonds is 8. The molecule has 2 aromatic carbocycles. The molecule has 4 nitrogen and oxygen atoms in total. The smallest absolute Gasteiger partial charge is 0.191 e. The molecular weight excluding hydrogens is 354 g/mol. The van der Waals surface area contributed by atoms with Gasteiger partial charge in [0.25, 0.3) is 0 Å². The molecule has 5 heteroatoms. The summed E-state index contributed by atoms with van der Waals surface area (Å²) in [6.07, 6.45) is 0. The van der Waals surface area contributed by atoms with Crippen molar-refractivity contribution < 1.29 is 4.74 Å². The standard InChI is InChI=1S/C22H27N3OS/c1-5-25-21(14-26-20-11-9-19(10-12-20)16(2)3)23-24-22(25)27-15-18-8-6-7-17(4)13-18/h6-13,16H,5,14-15H2,1-4H3. The number of nitrogens with zero attached hydrogens (tertiary/aromatic N) is 3. The molecule has 0 radical (unpaired) electrons. The van der Waals surface area contributed by atoms with E-state index in [2.05, 4.69) is 78.9 Å². The molecule has 1 aromatic heterocycles. The Bertz CT molecular complexity index is 872. The van der Waals surface area contributed by atoms with Crippen LogP contribution >= 0.6 is 11.8 Å². The van der Waals surface area contributed by atoms with Crippen molar-refractivity contribution >= 4 is 11.8 Å². The lowest BCUT2D eigenvalue weighted by Crippen LogP contribution is -2.07. The van der Waals surface area contributed by atoms with Crippen LogP contribution in [-0.4, -0.2) is 14.8 Å². The van der Waals surface area contributed by atoms with Gasteiger partial charge >= 0.3 is 0 Å². The fraction of sp³-hybridized carbons (Fsp3) is 0.364. The quantitative estimate of drug-likeness (QED) is 0.476. The summed E-state index contributed by atoms with van der Waals surface area (Å²) in [7, 11) is 0. The van der Waals surface area contributed by atoms with Crippen molar-refractivity contribution in [2.45, 2.75) is 57.7 Å². The van der Waals surface area contributed by atoms with Gasteiger partial charge in [-0.05, 0) is 43.0 Å². The van der Waals surface area contributed by atoms with E-state index in [9.17, 15) is 0 Å². The lowest BCUT2D eigenvalue weighted by atomic mass is 10.0. The molecule has 27 heavy (non-hydrogen) atoms. The van der Waals surface area contributed by atoms with Gasteiger partial charge in [0.15, 0.2) is 11.0 Å². The molecule has 0 saturated carbocycles. The van der Waals surface area contributed by atoms with Crippen LogP contribution < -0.4 is 4.74 Å². The highest BCUT2D eigenvalue weighted by Gasteiger charge is 2.12. The third-order valence-electron chi connectivity index (χ3n) is 4.47. The molecule has 0 saturated heterocycles. The zero-order valence-electron chi connectivity index (χ0n) is 16.5. The van der Waals surface area contributed by atoms with Gasteiger partial charge < -0.3 is 9.30 Å². The van der Waals surface area contributed by atoms with E-state index >= 15 is 0 Å². The summed E-state index contributed by atoms with van der Waals surface area (Å²) >= 11 is 1.71. The number of benzene rings is 2. The SMILES string of the molecule is CCn1c(COc2ccc(C(C)C)cc2)nnc1SCc1cccc(C)c1. The normalized spacial score (nSPS) is 11.1. The van der Waals surface area contributed by atoms with Gasteiger partial charge in [0, 0.05) is 12.3 Å². The Morgan fingerprint density at radius 1 is 1.07 bits per heavy atom. The van der Waals surface area contributed by atoms with Crippen LogP contribution in [0.1, 0.15) is 49.2 Å². The molecule has 0 aliphatic carbocycles. The van der Waals surface area contributed by atoms with Crippen molar-refractivity contribution in [2.75, 3.05) is 0 Å². The van der Waals surface area contributed by atoms with Gasteiger partial charge in [-0.1, -0.05) is 67.6 Å². The maximum Gasteiger partial charge on any atom is 0.191 e. The second-order valence-corrected chi connectivity index (χ2v) is 7.88. The minimum absolute atomic E-state index is 0.423. The fourth-order valence-corrected chi connectivity index (χ4v) is 3.86. The Morgan fingerprint density at radius 2 is 1.85 bits per heavy atom. The third-order valence-corrected chi connectivity index (χ3v) is 5.51. The summed E-state index contributed by atoms with van der Waals surface area (Å²) in [6, 6.07) is 16.9. The Kier molecular flexibility index (Phi) is 6.56. The molecule has 0 aliphatic heterocycles. The summed E-state index contributed by atoms with van der Waals surface area (Å²) in [5.74, 6) is 3.13. The van der Waals surface area contributed by atoms with Gasteiger partial charge in [-0.15, -0.1) is 10.2 Å².